The van der Waals surface area contributed by atoms with E-state index in [9.17, 15) is 4.79 Å². The maximum atomic E-state index is 10.8. The van der Waals surface area contributed by atoms with Crippen molar-refractivity contribution in [2.45, 2.75) is 19.5 Å². The zero-order chi connectivity index (χ0) is 7.98. The van der Waals surface area contributed by atoms with Gasteiger partial charge in [0.1, 0.15) is 0 Å². The molecule has 0 aromatic carbocycles. The first kappa shape index (κ1) is 9.78. The van der Waals surface area contributed by atoms with Crippen LogP contribution in [0.4, 0.5) is 0 Å². The van der Waals surface area contributed by atoms with Gasteiger partial charge in [-0.15, -0.1) is 0 Å². The topological polar surface area (TPSA) is 55.1 Å². The lowest BCUT2D eigenvalue weighted by Crippen LogP contribution is -2.38. The fourth-order valence-electron chi connectivity index (χ4n) is 0.521. The van der Waals surface area contributed by atoms with Gasteiger partial charge in [-0.1, -0.05) is 0 Å². The molecular formula is C6H14N2OS. The summed E-state index contributed by atoms with van der Waals surface area (Å²) < 4.78 is 0. The van der Waals surface area contributed by atoms with Crippen LogP contribution in [0.3, 0.4) is 0 Å². The quantitative estimate of drug-likeness (QED) is 0.579. The lowest BCUT2D eigenvalue weighted by molar-refractivity contribution is -0.121. The van der Waals surface area contributed by atoms with Crippen LogP contribution >= 0.6 is 11.8 Å². The van der Waals surface area contributed by atoms with E-state index in [0.717, 1.165) is 5.75 Å². The Balaban J connectivity index is 3.26. The highest BCUT2D eigenvalue weighted by Crippen LogP contribution is 1.94. The van der Waals surface area contributed by atoms with E-state index < -0.39 is 0 Å². The molecule has 0 aromatic rings. The highest BCUT2D eigenvalue weighted by molar-refractivity contribution is 7.98. The van der Waals surface area contributed by atoms with Crippen molar-refractivity contribution in [2.75, 3.05) is 12.0 Å². The van der Waals surface area contributed by atoms with Crippen LogP contribution in [0.25, 0.3) is 0 Å². The molecule has 60 valence electrons. The summed E-state index contributed by atoms with van der Waals surface area (Å²) in [6.07, 6.45) is 2.30. The Labute approximate surface area is 65.7 Å². The molecule has 0 aromatic heterocycles. The number of nitrogens with two attached hydrogens (primary N) is 1. The minimum Gasteiger partial charge on any atom is -0.341 e. The van der Waals surface area contributed by atoms with Gasteiger partial charge in [0.25, 0.3) is 0 Å². The molecule has 0 rings (SSSR count). The van der Waals surface area contributed by atoms with E-state index in [4.69, 9.17) is 5.73 Å². The van der Waals surface area contributed by atoms with E-state index in [0.29, 0.717) is 6.42 Å². The van der Waals surface area contributed by atoms with E-state index in [1.807, 2.05) is 6.26 Å². The minimum absolute atomic E-state index is 0.0318. The summed E-state index contributed by atoms with van der Waals surface area (Å²) in [5.74, 6) is 0.891. The molecule has 0 heterocycles. The van der Waals surface area contributed by atoms with Crippen LogP contribution in [-0.4, -0.2) is 24.1 Å². The van der Waals surface area contributed by atoms with Crippen LogP contribution in [-0.2, 0) is 4.79 Å². The predicted molar refractivity (Wildman–Crippen MR) is 44.8 cm³/mol. The number of carbonyl (C=O) groups excluding carboxylic acids is 1. The fraction of sp³-hybridized carbons (Fsp3) is 0.833. The third kappa shape index (κ3) is 5.91. The van der Waals surface area contributed by atoms with Gasteiger partial charge in [0.2, 0.25) is 5.91 Å². The third-order valence-corrected chi connectivity index (χ3v) is 1.53. The Bertz CT molecular complexity index is 106. The Hall–Kier alpha value is -0.220. The van der Waals surface area contributed by atoms with E-state index in [2.05, 4.69) is 5.32 Å². The third-order valence-electron chi connectivity index (χ3n) is 0.922. The molecule has 0 aliphatic heterocycles. The van der Waals surface area contributed by atoms with Gasteiger partial charge < -0.3 is 11.1 Å². The van der Waals surface area contributed by atoms with Gasteiger partial charge in [-0.2, -0.15) is 11.8 Å². The molecule has 0 aliphatic carbocycles. The second kappa shape index (κ2) is 5.56. The molecule has 10 heavy (non-hydrogen) atoms. The molecule has 1 amide bonds. The van der Waals surface area contributed by atoms with E-state index in [1.54, 1.807) is 18.7 Å². The maximum absolute atomic E-state index is 10.8. The first-order chi connectivity index (χ1) is 4.66. The normalized spacial score (nSPS) is 12.7. The van der Waals surface area contributed by atoms with E-state index in [-0.39, 0.29) is 12.1 Å². The summed E-state index contributed by atoms with van der Waals surface area (Å²) in [6, 6.07) is 0. The molecule has 4 heteroatoms. The van der Waals surface area contributed by atoms with E-state index in [1.165, 1.54) is 0 Å². The second-order valence-electron chi connectivity index (χ2n) is 2.10. The number of carbonyl (C=O) groups is 1. The summed E-state index contributed by atoms with van der Waals surface area (Å²) in [5, 5.41) is 2.60. The van der Waals surface area contributed by atoms with Gasteiger partial charge >= 0.3 is 0 Å². The molecule has 0 spiro atoms. The molecule has 0 aliphatic rings. The maximum Gasteiger partial charge on any atom is 0.222 e. The van der Waals surface area contributed by atoms with Gasteiger partial charge in [-0.25, -0.2) is 0 Å². The standard InChI is InChI=1S/C6H14N2OS/c1-5(7)8-6(9)3-4-10-2/h5H,3-4,7H2,1-2H3,(H,8,9). The average Bonchev–Trinajstić information content (AvgIpc) is 1.82. The lowest BCUT2D eigenvalue weighted by atomic mass is 10.4. The van der Waals surface area contributed by atoms with Crippen LogP contribution in [0.2, 0.25) is 0 Å². The Morgan fingerprint density at radius 2 is 2.40 bits per heavy atom. The Morgan fingerprint density at radius 3 is 2.80 bits per heavy atom. The van der Waals surface area contributed by atoms with Crippen molar-refractivity contribution >= 4 is 17.7 Å². The molecule has 0 saturated heterocycles. The summed E-state index contributed by atoms with van der Waals surface area (Å²) in [5.41, 5.74) is 5.33. The van der Waals surface area contributed by atoms with Gasteiger partial charge in [0.15, 0.2) is 0 Å². The van der Waals surface area contributed by atoms with Crippen molar-refractivity contribution in [2.24, 2.45) is 5.73 Å². The molecule has 3 N–H and O–H groups in total. The number of hydrogen-bond donors (Lipinski definition) is 2. The minimum atomic E-state index is -0.227. The zero-order valence-corrected chi connectivity index (χ0v) is 7.20. The summed E-state index contributed by atoms with van der Waals surface area (Å²) in [7, 11) is 0. The number of rotatable bonds is 4. The SMILES string of the molecule is CSCCC(=O)NC(C)N. The first-order valence-corrected chi connectivity index (χ1v) is 4.60. The van der Waals surface area contributed by atoms with Crippen LogP contribution in [0.5, 0.6) is 0 Å². The summed E-state index contributed by atoms with van der Waals surface area (Å²) >= 11 is 1.66. The van der Waals surface area contributed by atoms with Crippen molar-refractivity contribution in [1.29, 1.82) is 0 Å². The lowest BCUT2D eigenvalue weighted by Gasteiger charge is -2.06. The van der Waals surface area contributed by atoms with Crippen LogP contribution < -0.4 is 11.1 Å². The smallest absolute Gasteiger partial charge is 0.222 e. The molecule has 0 fully saturated rings. The first-order valence-electron chi connectivity index (χ1n) is 3.20. The van der Waals surface area contributed by atoms with Crippen LogP contribution in [0.15, 0.2) is 0 Å². The van der Waals surface area contributed by atoms with Crippen molar-refractivity contribution in [3.63, 3.8) is 0 Å². The predicted octanol–water partition coefficient (Wildman–Crippen LogP) is 0.160. The molecule has 1 unspecified atom stereocenters. The molecular weight excluding hydrogens is 148 g/mol. The summed E-state index contributed by atoms with van der Waals surface area (Å²) in [4.78, 5) is 10.8. The Morgan fingerprint density at radius 1 is 1.80 bits per heavy atom. The van der Waals surface area contributed by atoms with Crippen molar-refractivity contribution < 1.29 is 4.79 Å². The Kier molecular flexibility index (Phi) is 5.43. The monoisotopic (exact) mass is 162 g/mol. The number of amides is 1. The molecule has 0 bridgehead atoms. The van der Waals surface area contributed by atoms with Gasteiger partial charge in [-0.3, -0.25) is 4.79 Å². The highest BCUT2D eigenvalue weighted by Gasteiger charge is 2.00. The van der Waals surface area contributed by atoms with Gasteiger partial charge in [0.05, 0.1) is 6.17 Å². The number of nitrogens with one attached hydrogen (secondary N) is 1. The molecule has 0 saturated carbocycles. The van der Waals surface area contributed by atoms with Gasteiger partial charge in [-0.05, 0) is 13.2 Å². The average molecular weight is 162 g/mol. The molecule has 3 nitrogen and oxygen atoms in total. The fourth-order valence-corrected chi connectivity index (χ4v) is 0.910. The highest BCUT2D eigenvalue weighted by atomic mass is 32.2. The van der Waals surface area contributed by atoms with Gasteiger partial charge in [0, 0.05) is 12.2 Å². The molecule has 0 radical (unpaired) electrons. The number of thioether (sulfide) groups is 1. The van der Waals surface area contributed by atoms with Crippen molar-refractivity contribution in [1.82, 2.24) is 5.32 Å². The van der Waals surface area contributed by atoms with Crippen LogP contribution in [0, 0.1) is 0 Å². The largest absolute Gasteiger partial charge is 0.341 e. The molecule has 1 atom stereocenters. The van der Waals surface area contributed by atoms with Crippen molar-refractivity contribution in [3.8, 4) is 0 Å². The number of hydrogen-bond acceptors (Lipinski definition) is 3. The van der Waals surface area contributed by atoms with Crippen molar-refractivity contribution in [3.05, 3.63) is 0 Å². The van der Waals surface area contributed by atoms with Crippen LogP contribution in [0.1, 0.15) is 13.3 Å². The summed E-state index contributed by atoms with van der Waals surface area (Å²) in [6.45, 7) is 1.75. The van der Waals surface area contributed by atoms with E-state index >= 15 is 0 Å². The second-order valence-corrected chi connectivity index (χ2v) is 3.08. The zero-order valence-electron chi connectivity index (χ0n) is 6.39.